The van der Waals surface area contributed by atoms with Crippen molar-refractivity contribution in [2.75, 3.05) is 0 Å². The number of rotatable bonds is 3. The molecular formula is C11H13NOS. The molecule has 0 fully saturated rings. The van der Waals surface area contributed by atoms with Crippen LogP contribution in [0.2, 0.25) is 0 Å². The molecule has 0 aliphatic rings. The highest BCUT2D eigenvalue weighted by molar-refractivity contribution is 7.08. The van der Waals surface area contributed by atoms with E-state index in [0.29, 0.717) is 0 Å². The van der Waals surface area contributed by atoms with Crippen molar-refractivity contribution in [2.24, 2.45) is 5.73 Å². The van der Waals surface area contributed by atoms with E-state index in [4.69, 9.17) is 10.2 Å². The van der Waals surface area contributed by atoms with Crippen LogP contribution in [-0.2, 0) is 6.42 Å². The SMILES string of the molecule is CC(N)Cc1ccc(-c2ccsc2)o1. The van der Waals surface area contributed by atoms with Crippen molar-refractivity contribution in [2.45, 2.75) is 19.4 Å². The predicted octanol–water partition coefficient (Wildman–Crippen LogP) is 2.90. The third-order valence-electron chi connectivity index (χ3n) is 1.99. The molecule has 2 rings (SSSR count). The maximum Gasteiger partial charge on any atom is 0.135 e. The van der Waals surface area contributed by atoms with E-state index in [1.807, 2.05) is 24.4 Å². The Hall–Kier alpha value is -1.06. The number of nitrogens with two attached hydrogens (primary N) is 1. The zero-order valence-electron chi connectivity index (χ0n) is 8.07. The Kier molecular flexibility index (Phi) is 2.70. The fourth-order valence-electron chi connectivity index (χ4n) is 1.36. The molecule has 3 heteroatoms. The predicted molar refractivity (Wildman–Crippen MR) is 59.4 cm³/mol. The van der Waals surface area contributed by atoms with Crippen molar-refractivity contribution in [3.8, 4) is 11.3 Å². The third kappa shape index (κ3) is 2.05. The topological polar surface area (TPSA) is 39.2 Å². The number of hydrogen-bond donors (Lipinski definition) is 1. The zero-order valence-corrected chi connectivity index (χ0v) is 8.88. The fraction of sp³-hybridized carbons (Fsp3) is 0.273. The Morgan fingerprint density at radius 1 is 1.43 bits per heavy atom. The summed E-state index contributed by atoms with van der Waals surface area (Å²) in [6.45, 7) is 1.98. The highest BCUT2D eigenvalue weighted by atomic mass is 32.1. The second-order valence-electron chi connectivity index (χ2n) is 3.46. The Bertz CT molecular complexity index is 389. The van der Waals surface area contributed by atoms with Gasteiger partial charge in [-0.05, 0) is 30.5 Å². The van der Waals surface area contributed by atoms with Crippen molar-refractivity contribution >= 4 is 11.3 Å². The first kappa shape index (κ1) is 9.49. The van der Waals surface area contributed by atoms with Crippen LogP contribution in [-0.4, -0.2) is 6.04 Å². The van der Waals surface area contributed by atoms with Gasteiger partial charge in [0.15, 0.2) is 0 Å². The molecule has 2 aromatic rings. The van der Waals surface area contributed by atoms with Crippen molar-refractivity contribution in [1.29, 1.82) is 0 Å². The summed E-state index contributed by atoms with van der Waals surface area (Å²) < 4.78 is 5.67. The number of furan rings is 1. The summed E-state index contributed by atoms with van der Waals surface area (Å²) in [4.78, 5) is 0. The van der Waals surface area contributed by atoms with Gasteiger partial charge < -0.3 is 10.2 Å². The molecule has 0 aliphatic carbocycles. The molecule has 1 unspecified atom stereocenters. The van der Waals surface area contributed by atoms with Gasteiger partial charge in [0.25, 0.3) is 0 Å². The van der Waals surface area contributed by atoms with Crippen LogP contribution in [0.25, 0.3) is 11.3 Å². The first-order chi connectivity index (χ1) is 6.75. The maximum absolute atomic E-state index is 5.69. The average molecular weight is 207 g/mol. The van der Waals surface area contributed by atoms with Gasteiger partial charge in [-0.3, -0.25) is 0 Å². The lowest BCUT2D eigenvalue weighted by Gasteiger charge is -2.00. The molecule has 2 nitrogen and oxygen atoms in total. The molecule has 0 saturated heterocycles. The van der Waals surface area contributed by atoms with Gasteiger partial charge in [-0.1, -0.05) is 0 Å². The summed E-state index contributed by atoms with van der Waals surface area (Å²) in [5.74, 6) is 1.89. The fourth-order valence-corrected chi connectivity index (χ4v) is 2.01. The van der Waals surface area contributed by atoms with E-state index in [1.165, 1.54) is 0 Å². The smallest absolute Gasteiger partial charge is 0.135 e. The van der Waals surface area contributed by atoms with Crippen molar-refractivity contribution in [3.63, 3.8) is 0 Å². The van der Waals surface area contributed by atoms with Crippen LogP contribution in [0.15, 0.2) is 33.4 Å². The Morgan fingerprint density at radius 2 is 2.29 bits per heavy atom. The van der Waals surface area contributed by atoms with Gasteiger partial charge in [0.2, 0.25) is 0 Å². The quantitative estimate of drug-likeness (QED) is 0.840. The van der Waals surface area contributed by atoms with E-state index >= 15 is 0 Å². The van der Waals surface area contributed by atoms with Gasteiger partial charge in [0.05, 0.1) is 0 Å². The van der Waals surface area contributed by atoms with Crippen LogP contribution >= 0.6 is 11.3 Å². The average Bonchev–Trinajstić information content (AvgIpc) is 2.69. The maximum atomic E-state index is 5.69. The van der Waals surface area contributed by atoms with Crippen LogP contribution in [0.5, 0.6) is 0 Å². The van der Waals surface area contributed by atoms with Crippen LogP contribution in [0, 0.1) is 0 Å². The van der Waals surface area contributed by atoms with Gasteiger partial charge in [-0.15, -0.1) is 0 Å². The van der Waals surface area contributed by atoms with E-state index in [-0.39, 0.29) is 6.04 Å². The number of hydrogen-bond acceptors (Lipinski definition) is 3. The minimum atomic E-state index is 0.150. The zero-order chi connectivity index (χ0) is 9.97. The third-order valence-corrected chi connectivity index (χ3v) is 2.67. The standard InChI is InChI=1S/C11H13NOS/c1-8(12)6-10-2-3-11(13-10)9-4-5-14-7-9/h2-5,7-8H,6,12H2,1H3. The molecule has 0 spiro atoms. The minimum absolute atomic E-state index is 0.150. The van der Waals surface area contributed by atoms with Gasteiger partial charge >= 0.3 is 0 Å². The summed E-state index contributed by atoms with van der Waals surface area (Å²) in [7, 11) is 0. The lowest BCUT2D eigenvalue weighted by Crippen LogP contribution is -2.17. The lowest BCUT2D eigenvalue weighted by atomic mass is 10.2. The van der Waals surface area contributed by atoms with E-state index in [1.54, 1.807) is 11.3 Å². The Balaban J connectivity index is 2.18. The molecule has 14 heavy (non-hydrogen) atoms. The Labute approximate surface area is 87.4 Å². The van der Waals surface area contributed by atoms with Crippen LogP contribution in [0.3, 0.4) is 0 Å². The second-order valence-corrected chi connectivity index (χ2v) is 4.24. The van der Waals surface area contributed by atoms with Crippen molar-refractivity contribution in [3.05, 3.63) is 34.7 Å². The summed E-state index contributed by atoms with van der Waals surface area (Å²) in [5.41, 5.74) is 6.84. The first-order valence-corrected chi connectivity index (χ1v) is 5.57. The van der Waals surface area contributed by atoms with Crippen LogP contribution < -0.4 is 5.73 Å². The first-order valence-electron chi connectivity index (χ1n) is 4.62. The normalized spacial score (nSPS) is 13.0. The van der Waals surface area contributed by atoms with Gasteiger partial charge in [-0.25, -0.2) is 0 Å². The molecule has 2 heterocycles. The molecule has 2 aromatic heterocycles. The summed E-state index contributed by atoms with van der Waals surface area (Å²) in [6.07, 6.45) is 0.796. The van der Waals surface area contributed by atoms with E-state index in [2.05, 4.69) is 11.4 Å². The van der Waals surface area contributed by atoms with E-state index < -0.39 is 0 Å². The molecule has 2 N–H and O–H groups in total. The summed E-state index contributed by atoms with van der Waals surface area (Å²) in [5, 5.41) is 4.12. The van der Waals surface area contributed by atoms with Crippen LogP contribution in [0.4, 0.5) is 0 Å². The molecule has 1 atom stereocenters. The molecule has 0 aliphatic heterocycles. The highest BCUT2D eigenvalue weighted by Crippen LogP contribution is 2.24. The van der Waals surface area contributed by atoms with Crippen molar-refractivity contribution < 1.29 is 4.42 Å². The van der Waals surface area contributed by atoms with Gasteiger partial charge in [0, 0.05) is 23.4 Å². The Morgan fingerprint density at radius 3 is 2.93 bits per heavy atom. The summed E-state index contributed by atoms with van der Waals surface area (Å²) >= 11 is 1.67. The molecule has 74 valence electrons. The molecule has 0 radical (unpaired) electrons. The highest BCUT2D eigenvalue weighted by Gasteiger charge is 2.06. The molecular weight excluding hydrogens is 194 g/mol. The van der Waals surface area contributed by atoms with Crippen molar-refractivity contribution in [1.82, 2.24) is 0 Å². The molecule has 0 saturated carbocycles. The van der Waals surface area contributed by atoms with Crippen LogP contribution in [0.1, 0.15) is 12.7 Å². The second kappa shape index (κ2) is 3.98. The summed E-state index contributed by atoms with van der Waals surface area (Å²) in [6, 6.07) is 6.20. The van der Waals surface area contributed by atoms with E-state index in [0.717, 1.165) is 23.5 Å². The van der Waals surface area contributed by atoms with Gasteiger partial charge in [0.1, 0.15) is 11.5 Å². The van der Waals surface area contributed by atoms with E-state index in [9.17, 15) is 0 Å². The minimum Gasteiger partial charge on any atom is -0.461 e. The molecule has 0 aromatic carbocycles. The number of thiophene rings is 1. The lowest BCUT2D eigenvalue weighted by molar-refractivity contribution is 0.503. The molecule has 0 bridgehead atoms. The van der Waals surface area contributed by atoms with Gasteiger partial charge in [-0.2, -0.15) is 11.3 Å². The molecule has 0 amide bonds. The monoisotopic (exact) mass is 207 g/mol. The largest absolute Gasteiger partial charge is 0.461 e.